The summed E-state index contributed by atoms with van der Waals surface area (Å²) in [4.78, 5) is 13.1. The highest BCUT2D eigenvalue weighted by molar-refractivity contribution is 7.80. The first kappa shape index (κ1) is 66.6. The number of unbranched alkanes of at least 4 members (excludes halogenated alkanes) is 37. The molecule has 0 aromatic heterocycles. The van der Waals surface area contributed by atoms with E-state index in [4.69, 9.17) is 9.47 Å². The largest absolute Gasteiger partial charge is 0.397 e. The molecule has 1 fully saturated rings. The summed E-state index contributed by atoms with van der Waals surface area (Å²) >= 11 is 0. The fourth-order valence-corrected chi connectivity index (χ4v) is 9.96. The number of hydrogen-bond acceptors (Lipinski definition) is 10. The molecule has 1 aliphatic heterocycles. The Morgan fingerprint density at radius 1 is 0.557 bits per heavy atom. The van der Waals surface area contributed by atoms with E-state index >= 15 is 0 Å². The number of aliphatic hydroxyl groups is 4. The van der Waals surface area contributed by atoms with Crippen molar-refractivity contribution in [3.63, 3.8) is 0 Å². The van der Waals surface area contributed by atoms with Crippen LogP contribution in [-0.4, -0.2) is 95.4 Å². The Morgan fingerprint density at radius 3 is 1.29 bits per heavy atom. The second-order valence-electron chi connectivity index (χ2n) is 20.6. The van der Waals surface area contributed by atoms with Gasteiger partial charge in [0.05, 0.1) is 25.4 Å². The van der Waals surface area contributed by atoms with E-state index in [0.29, 0.717) is 6.42 Å². The predicted octanol–water partition coefficient (Wildman–Crippen LogP) is 13.6. The minimum atomic E-state index is -5.09. The zero-order chi connectivity index (χ0) is 51.2. The standard InChI is InChI=1S/C57H109NO11S/c1-3-5-7-9-11-13-15-17-19-20-21-22-23-24-25-26-27-28-29-30-31-32-33-35-37-39-41-43-45-47-53(61)58-50(49-67-57-55(63)56(69-70(64,65)66)54(62)52(48-59)68-57)51(60)46-44-42-40-38-36-34-18-16-14-12-10-8-6-4-2/h24-25,44,46,50-52,54-57,59-60,62-63H,3-23,26-43,45,47-49H2,1-2H3,(H,58,61)(H,64,65,66)/b25-24-,46-44+. The van der Waals surface area contributed by atoms with Crippen LogP contribution in [0.3, 0.4) is 0 Å². The molecule has 0 bridgehead atoms. The van der Waals surface area contributed by atoms with Crippen LogP contribution in [0.5, 0.6) is 0 Å². The summed E-state index contributed by atoms with van der Waals surface area (Å²) < 4.78 is 47.8. The molecule has 0 aromatic carbocycles. The molecule has 7 atom stereocenters. The summed E-state index contributed by atoms with van der Waals surface area (Å²) in [5, 5.41) is 44.9. The van der Waals surface area contributed by atoms with Crippen molar-refractivity contribution in [3.8, 4) is 0 Å². The Balaban J connectivity index is 2.29. The van der Waals surface area contributed by atoms with Crippen LogP contribution in [0.2, 0.25) is 0 Å². The Morgan fingerprint density at radius 2 is 0.914 bits per heavy atom. The number of nitrogens with one attached hydrogen (secondary N) is 1. The monoisotopic (exact) mass is 1020 g/mol. The molecule has 0 aliphatic carbocycles. The van der Waals surface area contributed by atoms with E-state index < -0.39 is 59.9 Å². The van der Waals surface area contributed by atoms with Crippen LogP contribution in [-0.2, 0) is 28.9 Å². The Bertz CT molecular complexity index is 1330. The molecule has 7 unspecified atom stereocenters. The molecular formula is C57H109NO11S. The van der Waals surface area contributed by atoms with Crippen molar-refractivity contribution in [2.75, 3.05) is 13.2 Å². The molecule has 0 aromatic rings. The fourth-order valence-electron chi connectivity index (χ4n) is 9.45. The lowest BCUT2D eigenvalue weighted by molar-refractivity contribution is -0.298. The van der Waals surface area contributed by atoms with E-state index in [1.807, 2.05) is 6.08 Å². The summed E-state index contributed by atoms with van der Waals surface area (Å²) in [6, 6.07) is -0.942. The van der Waals surface area contributed by atoms with Crippen LogP contribution in [0.25, 0.3) is 0 Å². The van der Waals surface area contributed by atoms with E-state index in [9.17, 15) is 38.2 Å². The first-order valence-corrected chi connectivity index (χ1v) is 30.6. The molecule has 12 nitrogen and oxygen atoms in total. The van der Waals surface area contributed by atoms with Gasteiger partial charge in [0, 0.05) is 6.42 Å². The quantitative estimate of drug-likeness (QED) is 0.0193. The van der Waals surface area contributed by atoms with Crippen molar-refractivity contribution in [2.24, 2.45) is 0 Å². The van der Waals surface area contributed by atoms with E-state index in [1.165, 1.54) is 212 Å². The van der Waals surface area contributed by atoms with Gasteiger partial charge < -0.3 is 35.2 Å². The van der Waals surface area contributed by atoms with Gasteiger partial charge in [0.1, 0.15) is 24.4 Å². The molecule has 0 radical (unpaired) electrons. The maximum absolute atomic E-state index is 13.1. The third-order valence-corrected chi connectivity index (χ3v) is 14.4. The molecule has 0 saturated carbocycles. The van der Waals surface area contributed by atoms with Gasteiger partial charge in [0.2, 0.25) is 5.91 Å². The molecule has 0 spiro atoms. The van der Waals surface area contributed by atoms with Gasteiger partial charge in [-0.25, -0.2) is 4.18 Å². The molecule has 1 heterocycles. The van der Waals surface area contributed by atoms with Crippen LogP contribution in [0.15, 0.2) is 24.3 Å². The van der Waals surface area contributed by atoms with Crippen molar-refractivity contribution in [3.05, 3.63) is 24.3 Å². The van der Waals surface area contributed by atoms with Gasteiger partial charge in [-0.1, -0.05) is 250 Å². The maximum Gasteiger partial charge on any atom is 0.397 e. The highest BCUT2D eigenvalue weighted by atomic mass is 32.3. The number of allylic oxidation sites excluding steroid dienone is 3. The second kappa shape index (κ2) is 47.3. The maximum atomic E-state index is 13.1. The van der Waals surface area contributed by atoms with Crippen LogP contribution in [0.1, 0.15) is 277 Å². The average molecular weight is 1020 g/mol. The van der Waals surface area contributed by atoms with Gasteiger partial charge in [-0.15, -0.1) is 0 Å². The van der Waals surface area contributed by atoms with Gasteiger partial charge in [-0.3, -0.25) is 9.35 Å². The number of carbonyl (C=O) groups is 1. The smallest absolute Gasteiger partial charge is 0.394 e. The Kier molecular flexibility index (Phi) is 45.0. The first-order chi connectivity index (χ1) is 34.0. The molecule has 414 valence electrons. The molecule has 1 aliphatic rings. The van der Waals surface area contributed by atoms with Crippen molar-refractivity contribution in [2.45, 2.75) is 320 Å². The van der Waals surface area contributed by atoms with Crippen LogP contribution in [0, 0.1) is 0 Å². The third-order valence-electron chi connectivity index (χ3n) is 14.0. The van der Waals surface area contributed by atoms with E-state index in [2.05, 4.69) is 35.5 Å². The van der Waals surface area contributed by atoms with E-state index in [-0.39, 0.29) is 18.9 Å². The van der Waals surface area contributed by atoms with Crippen molar-refractivity contribution >= 4 is 16.3 Å². The molecule has 13 heteroatoms. The van der Waals surface area contributed by atoms with E-state index in [1.54, 1.807) is 6.08 Å². The lowest BCUT2D eigenvalue weighted by Gasteiger charge is -2.41. The molecule has 70 heavy (non-hydrogen) atoms. The normalized spacial score (nSPS) is 19.7. The number of amides is 1. The van der Waals surface area contributed by atoms with Crippen LogP contribution < -0.4 is 5.32 Å². The Hall–Kier alpha value is -1.42. The lowest BCUT2D eigenvalue weighted by Crippen LogP contribution is -2.61. The number of carbonyl (C=O) groups excluding carboxylic acids is 1. The number of ether oxygens (including phenoxy) is 2. The van der Waals surface area contributed by atoms with E-state index in [0.717, 1.165) is 38.5 Å². The predicted molar refractivity (Wildman–Crippen MR) is 287 cm³/mol. The van der Waals surface area contributed by atoms with Crippen LogP contribution in [0.4, 0.5) is 0 Å². The summed E-state index contributed by atoms with van der Waals surface area (Å²) in [6.45, 7) is 3.42. The van der Waals surface area contributed by atoms with Gasteiger partial charge in [-0.2, -0.15) is 8.42 Å². The topological polar surface area (TPSA) is 192 Å². The number of rotatable bonds is 51. The van der Waals surface area contributed by atoms with Gasteiger partial charge >= 0.3 is 10.4 Å². The summed E-state index contributed by atoms with van der Waals surface area (Å²) in [6.07, 6.45) is 49.5. The average Bonchev–Trinajstić information content (AvgIpc) is 3.33. The number of hydrogen-bond donors (Lipinski definition) is 6. The molecule has 1 saturated heterocycles. The molecular weight excluding hydrogens is 907 g/mol. The molecule has 1 rings (SSSR count). The van der Waals surface area contributed by atoms with Gasteiger partial charge in [0.25, 0.3) is 0 Å². The van der Waals surface area contributed by atoms with Gasteiger partial charge in [0.15, 0.2) is 6.29 Å². The van der Waals surface area contributed by atoms with Crippen molar-refractivity contribution < 1.29 is 51.8 Å². The zero-order valence-corrected chi connectivity index (χ0v) is 45.7. The fraction of sp³-hybridized carbons (Fsp3) is 0.912. The summed E-state index contributed by atoms with van der Waals surface area (Å²) in [5.41, 5.74) is 0. The second-order valence-corrected chi connectivity index (χ2v) is 21.6. The SMILES string of the molecule is CCCCCCCCCCCCCC/C=C\CCCCCCCCCCCCCCCC(=O)NC(COC1OC(CO)C(O)C(OS(=O)(=O)O)C1O)C(O)/C=C/CCCCCCCCCCCCCC. The highest BCUT2D eigenvalue weighted by Gasteiger charge is 2.48. The van der Waals surface area contributed by atoms with Crippen LogP contribution >= 0.6 is 0 Å². The minimum Gasteiger partial charge on any atom is -0.394 e. The first-order valence-electron chi connectivity index (χ1n) is 29.2. The number of aliphatic hydroxyl groups excluding tert-OH is 4. The summed E-state index contributed by atoms with van der Waals surface area (Å²) in [7, 11) is -5.09. The third kappa shape index (κ3) is 39.1. The van der Waals surface area contributed by atoms with Crippen molar-refractivity contribution in [1.29, 1.82) is 0 Å². The molecule has 6 N–H and O–H groups in total. The molecule has 1 amide bonds. The van der Waals surface area contributed by atoms with Crippen molar-refractivity contribution in [1.82, 2.24) is 5.32 Å². The summed E-state index contributed by atoms with van der Waals surface area (Å²) in [5.74, 6) is -0.259. The van der Waals surface area contributed by atoms with Gasteiger partial charge in [-0.05, 0) is 44.9 Å². The Labute approximate surface area is 429 Å². The zero-order valence-electron chi connectivity index (χ0n) is 44.9. The minimum absolute atomic E-state index is 0.259. The highest BCUT2D eigenvalue weighted by Crippen LogP contribution is 2.26. The lowest BCUT2D eigenvalue weighted by atomic mass is 9.99.